The third-order valence-corrected chi connectivity index (χ3v) is 1.34. The van der Waals surface area contributed by atoms with Crippen LogP contribution in [0.5, 0.6) is 0 Å². The molecule has 1 aliphatic heterocycles. The molecular weight excluding hydrogens is 117 g/mol. The van der Waals surface area contributed by atoms with Crippen molar-refractivity contribution in [3.05, 3.63) is 24.4 Å². The summed E-state index contributed by atoms with van der Waals surface area (Å²) in [7, 11) is 2.69. The molecule has 0 saturated carbocycles. The minimum atomic E-state index is 0.456. The topological polar surface area (TPSA) is 12.4 Å². The Morgan fingerprint density at radius 1 is 1.38 bits per heavy atom. The monoisotopic (exact) mass is 125 g/mol. The molecule has 0 aromatic heterocycles. The number of rotatable bonds is 0. The molecule has 0 aromatic rings. The molecule has 0 saturated heterocycles. The highest BCUT2D eigenvalue weighted by Crippen LogP contribution is 2.04. The largest absolute Gasteiger partial charge is 0.265 e. The zero-order valence-corrected chi connectivity index (χ0v) is 5.64. The third-order valence-electron chi connectivity index (χ3n) is 0.900. The maximum Gasteiger partial charge on any atom is 0.0264 e. The van der Waals surface area contributed by atoms with Crippen LogP contribution in [0.3, 0.4) is 0 Å². The second kappa shape index (κ2) is 2.78. The zero-order chi connectivity index (χ0) is 5.82. The Balaban J connectivity index is 2.66. The molecule has 8 heavy (non-hydrogen) atoms. The predicted molar refractivity (Wildman–Crippen MR) is 40.3 cm³/mol. The van der Waals surface area contributed by atoms with E-state index in [-0.39, 0.29) is 0 Å². The van der Waals surface area contributed by atoms with E-state index >= 15 is 0 Å². The van der Waals surface area contributed by atoms with Gasteiger partial charge in [-0.15, -0.1) is 9.24 Å². The highest BCUT2D eigenvalue weighted by atomic mass is 31.0. The minimum absolute atomic E-state index is 0.456. The zero-order valence-electron chi connectivity index (χ0n) is 4.49. The van der Waals surface area contributed by atoms with Gasteiger partial charge in [0.15, 0.2) is 0 Å². The predicted octanol–water partition coefficient (Wildman–Crippen LogP) is 1.38. The Morgan fingerprint density at radius 3 is 3.12 bits per heavy atom. The molecule has 0 fully saturated rings. The smallest absolute Gasteiger partial charge is 0.0264 e. The van der Waals surface area contributed by atoms with Gasteiger partial charge in [0.25, 0.3) is 0 Å². The SMILES string of the molecule is PC1C=CC=NC=C1. The number of nitrogens with zero attached hydrogens (tertiary/aromatic N) is 1. The Hall–Kier alpha value is -0.420. The molecule has 42 valence electrons. The normalized spacial score (nSPS) is 25.9. The Morgan fingerprint density at radius 2 is 2.25 bits per heavy atom. The molecule has 1 heterocycles. The van der Waals surface area contributed by atoms with Crippen molar-refractivity contribution in [1.82, 2.24) is 0 Å². The lowest BCUT2D eigenvalue weighted by molar-refractivity contribution is 1.41. The summed E-state index contributed by atoms with van der Waals surface area (Å²) in [5, 5.41) is 0. The van der Waals surface area contributed by atoms with Gasteiger partial charge in [0, 0.05) is 18.1 Å². The molecule has 2 atom stereocenters. The Bertz CT molecular complexity index is 131. The molecule has 0 bridgehead atoms. The van der Waals surface area contributed by atoms with Crippen LogP contribution in [0.1, 0.15) is 0 Å². The van der Waals surface area contributed by atoms with Gasteiger partial charge < -0.3 is 0 Å². The maximum atomic E-state index is 3.92. The van der Waals surface area contributed by atoms with Gasteiger partial charge in [-0.2, -0.15) is 0 Å². The number of allylic oxidation sites excluding steroid dienone is 3. The minimum Gasteiger partial charge on any atom is -0.265 e. The van der Waals surface area contributed by atoms with Gasteiger partial charge in [0.2, 0.25) is 0 Å². The maximum absolute atomic E-state index is 3.92. The van der Waals surface area contributed by atoms with Crippen LogP contribution in [-0.2, 0) is 0 Å². The van der Waals surface area contributed by atoms with Crippen molar-refractivity contribution in [3.63, 3.8) is 0 Å². The number of hydrogen-bond acceptors (Lipinski definition) is 1. The molecule has 1 aliphatic rings. The average Bonchev–Trinajstić information content (AvgIpc) is 1.94. The lowest BCUT2D eigenvalue weighted by Gasteiger charge is -1.89. The summed E-state index contributed by atoms with van der Waals surface area (Å²) in [6, 6.07) is 0. The van der Waals surface area contributed by atoms with E-state index in [2.05, 4.69) is 20.3 Å². The average molecular weight is 125 g/mol. The highest BCUT2D eigenvalue weighted by Gasteiger charge is 1.87. The van der Waals surface area contributed by atoms with E-state index in [0.717, 1.165) is 0 Å². The van der Waals surface area contributed by atoms with Gasteiger partial charge in [0.1, 0.15) is 0 Å². The molecule has 0 aromatic carbocycles. The summed E-state index contributed by atoms with van der Waals surface area (Å²) >= 11 is 0. The second-order valence-electron chi connectivity index (χ2n) is 1.60. The third kappa shape index (κ3) is 1.59. The molecule has 1 rings (SSSR count). The first-order valence-electron chi connectivity index (χ1n) is 2.52. The van der Waals surface area contributed by atoms with Crippen molar-refractivity contribution in [1.29, 1.82) is 0 Å². The van der Waals surface area contributed by atoms with Crippen molar-refractivity contribution < 1.29 is 0 Å². The summed E-state index contributed by atoms with van der Waals surface area (Å²) in [5.74, 6) is 0. The first kappa shape index (κ1) is 5.71. The summed E-state index contributed by atoms with van der Waals surface area (Å²) in [6.07, 6.45) is 9.61. The molecule has 0 N–H and O–H groups in total. The van der Waals surface area contributed by atoms with E-state index in [1.165, 1.54) is 0 Å². The van der Waals surface area contributed by atoms with Crippen LogP contribution in [0.15, 0.2) is 29.4 Å². The molecule has 2 unspecified atom stereocenters. The van der Waals surface area contributed by atoms with Gasteiger partial charge in [0.05, 0.1) is 0 Å². The van der Waals surface area contributed by atoms with E-state index < -0.39 is 0 Å². The first-order valence-corrected chi connectivity index (χ1v) is 3.18. The fourth-order valence-corrected chi connectivity index (χ4v) is 0.718. The fraction of sp³-hybridized carbons (Fsp3) is 0.167. The Labute approximate surface area is 51.4 Å². The summed E-state index contributed by atoms with van der Waals surface area (Å²) in [5.41, 5.74) is 0.456. The van der Waals surface area contributed by atoms with E-state index in [0.29, 0.717) is 5.66 Å². The van der Waals surface area contributed by atoms with Gasteiger partial charge in [-0.3, -0.25) is 4.99 Å². The van der Waals surface area contributed by atoms with E-state index in [1.54, 1.807) is 12.4 Å². The van der Waals surface area contributed by atoms with Crippen LogP contribution in [0.4, 0.5) is 0 Å². The van der Waals surface area contributed by atoms with Crippen molar-refractivity contribution in [2.75, 3.05) is 0 Å². The molecule has 0 amide bonds. The van der Waals surface area contributed by atoms with Crippen LogP contribution < -0.4 is 0 Å². The summed E-state index contributed by atoms with van der Waals surface area (Å²) in [6.45, 7) is 0. The fourth-order valence-electron chi connectivity index (χ4n) is 0.491. The number of hydrogen-bond donors (Lipinski definition) is 0. The quantitative estimate of drug-likeness (QED) is 0.434. The summed E-state index contributed by atoms with van der Waals surface area (Å²) in [4.78, 5) is 3.92. The lowest BCUT2D eigenvalue weighted by Crippen LogP contribution is -1.80. The number of aliphatic imine (C=N–C) groups is 1. The molecule has 0 radical (unpaired) electrons. The van der Waals surface area contributed by atoms with Crippen molar-refractivity contribution in [2.45, 2.75) is 5.66 Å². The molecule has 1 nitrogen and oxygen atoms in total. The van der Waals surface area contributed by atoms with E-state index in [1.807, 2.05) is 12.2 Å². The van der Waals surface area contributed by atoms with Crippen LogP contribution in [-0.4, -0.2) is 11.9 Å². The lowest BCUT2D eigenvalue weighted by atomic mass is 10.4. The Kier molecular flexibility index (Phi) is 1.99. The van der Waals surface area contributed by atoms with Crippen LogP contribution in [0.25, 0.3) is 0 Å². The van der Waals surface area contributed by atoms with Crippen molar-refractivity contribution >= 4 is 15.5 Å². The van der Waals surface area contributed by atoms with Crippen molar-refractivity contribution in [2.24, 2.45) is 4.99 Å². The molecule has 0 aliphatic carbocycles. The second-order valence-corrected chi connectivity index (χ2v) is 2.37. The van der Waals surface area contributed by atoms with E-state index in [9.17, 15) is 0 Å². The highest BCUT2D eigenvalue weighted by molar-refractivity contribution is 7.18. The van der Waals surface area contributed by atoms with Crippen LogP contribution in [0.2, 0.25) is 0 Å². The summed E-state index contributed by atoms with van der Waals surface area (Å²) < 4.78 is 0. The van der Waals surface area contributed by atoms with Gasteiger partial charge in [-0.25, -0.2) is 0 Å². The first-order chi connectivity index (χ1) is 3.89. The van der Waals surface area contributed by atoms with Gasteiger partial charge >= 0.3 is 0 Å². The van der Waals surface area contributed by atoms with Crippen LogP contribution in [0, 0.1) is 0 Å². The van der Waals surface area contributed by atoms with Crippen LogP contribution >= 0.6 is 9.24 Å². The molecular formula is C6H8NP. The standard InChI is InChI=1S/C6H8NP/c8-6-2-1-4-7-5-3-6/h1-6H,8H2. The molecule has 0 spiro atoms. The van der Waals surface area contributed by atoms with Crippen molar-refractivity contribution in [3.8, 4) is 0 Å². The van der Waals surface area contributed by atoms with Gasteiger partial charge in [-0.05, 0) is 6.08 Å². The molecule has 2 heteroatoms. The van der Waals surface area contributed by atoms with E-state index in [4.69, 9.17) is 0 Å². The van der Waals surface area contributed by atoms with Gasteiger partial charge in [-0.1, -0.05) is 12.2 Å².